The van der Waals surface area contributed by atoms with Crippen LogP contribution in [0.5, 0.6) is 0 Å². The lowest BCUT2D eigenvalue weighted by molar-refractivity contribution is 0.0525. The normalized spacial score (nSPS) is 12.4. The van der Waals surface area contributed by atoms with Crippen LogP contribution >= 0.6 is 0 Å². The van der Waals surface area contributed by atoms with Crippen molar-refractivity contribution in [3.63, 3.8) is 0 Å². The first-order valence-corrected chi connectivity index (χ1v) is 10.6. The Balaban J connectivity index is 1.48. The van der Waals surface area contributed by atoms with Gasteiger partial charge in [0.25, 0.3) is 11.8 Å². The molecule has 0 atom stereocenters. The molecule has 7 heteroatoms. The number of hydrogen-bond acceptors (Lipinski definition) is 4. The van der Waals surface area contributed by atoms with Crippen LogP contribution in [0.25, 0.3) is 0 Å². The molecule has 32 heavy (non-hydrogen) atoms. The van der Waals surface area contributed by atoms with Crippen LogP contribution in [0.4, 0.5) is 11.4 Å². The van der Waals surface area contributed by atoms with E-state index in [1.165, 1.54) is 5.56 Å². The Kier molecular flexibility index (Phi) is 5.81. The number of fused-ring (bicyclic) bond motifs is 1. The zero-order chi connectivity index (χ0) is 22.8. The lowest BCUT2D eigenvalue weighted by Gasteiger charge is -2.17. The van der Waals surface area contributed by atoms with Crippen LogP contribution in [0.1, 0.15) is 54.9 Å². The number of ether oxygens (including phenoxy) is 1. The van der Waals surface area contributed by atoms with Gasteiger partial charge in [0, 0.05) is 29.2 Å². The maximum absolute atomic E-state index is 13.0. The number of hydrogen-bond donors (Lipinski definition) is 2. The highest BCUT2D eigenvalue weighted by Gasteiger charge is 2.25. The highest BCUT2D eigenvalue weighted by atomic mass is 16.5. The molecular weight excluding hydrogens is 406 g/mol. The van der Waals surface area contributed by atoms with Crippen molar-refractivity contribution >= 4 is 29.2 Å². The number of carbonyl (C=O) groups is 3. The van der Waals surface area contributed by atoms with E-state index >= 15 is 0 Å². The molecule has 1 aliphatic heterocycles. The largest absolute Gasteiger partial charge is 0.462 e. The summed E-state index contributed by atoms with van der Waals surface area (Å²) in [4.78, 5) is 42.6. The molecule has 0 radical (unpaired) electrons. The van der Waals surface area contributed by atoms with Gasteiger partial charge in [0.05, 0.1) is 12.2 Å². The highest BCUT2D eigenvalue weighted by Crippen LogP contribution is 2.29. The molecule has 2 N–H and O–H groups in total. The van der Waals surface area contributed by atoms with E-state index in [9.17, 15) is 14.4 Å². The molecule has 0 fully saturated rings. The first kappa shape index (κ1) is 21.4. The Morgan fingerprint density at radius 3 is 2.50 bits per heavy atom. The molecule has 0 aliphatic carbocycles. The standard InChI is InChI=1S/C25H25N3O4/c1-4-32-25(31)21-15(2)22(26-16(21)3)23(29)27-19-11-9-18(10-12-19)24(30)28-14-13-17-7-5-6-8-20(17)28/h5-12,26H,4,13-14H2,1-3H3,(H,27,29). The fourth-order valence-electron chi connectivity index (χ4n) is 4.08. The number of carbonyl (C=O) groups excluding carboxylic acids is 3. The number of amides is 2. The number of nitrogens with one attached hydrogen (secondary N) is 2. The summed E-state index contributed by atoms with van der Waals surface area (Å²) in [5.74, 6) is -0.888. The monoisotopic (exact) mass is 431 g/mol. The van der Waals surface area contributed by atoms with E-state index in [-0.39, 0.29) is 18.4 Å². The van der Waals surface area contributed by atoms with Crippen LogP contribution in [0.15, 0.2) is 48.5 Å². The molecular formula is C25H25N3O4. The van der Waals surface area contributed by atoms with Crippen molar-refractivity contribution in [2.75, 3.05) is 23.4 Å². The van der Waals surface area contributed by atoms with Gasteiger partial charge in [-0.25, -0.2) is 4.79 Å². The number of esters is 1. The molecule has 7 nitrogen and oxygen atoms in total. The molecule has 0 saturated carbocycles. The summed E-state index contributed by atoms with van der Waals surface area (Å²) in [6.45, 7) is 6.09. The molecule has 2 amide bonds. The zero-order valence-electron chi connectivity index (χ0n) is 18.3. The summed E-state index contributed by atoms with van der Waals surface area (Å²) in [5.41, 5.74) is 5.03. The number of benzene rings is 2. The van der Waals surface area contributed by atoms with Gasteiger partial charge < -0.3 is 19.9 Å². The van der Waals surface area contributed by atoms with E-state index in [4.69, 9.17) is 4.74 Å². The Morgan fingerprint density at radius 2 is 1.78 bits per heavy atom. The van der Waals surface area contributed by atoms with Crippen LogP contribution in [-0.2, 0) is 11.2 Å². The number of aryl methyl sites for hydroxylation is 1. The lowest BCUT2D eigenvalue weighted by atomic mass is 10.1. The third kappa shape index (κ3) is 3.89. The summed E-state index contributed by atoms with van der Waals surface area (Å²) in [6.07, 6.45) is 0.846. The van der Waals surface area contributed by atoms with E-state index in [0.717, 1.165) is 12.1 Å². The summed E-state index contributed by atoms with van der Waals surface area (Å²) in [6, 6.07) is 14.7. The molecule has 1 aromatic heterocycles. The van der Waals surface area contributed by atoms with Crippen molar-refractivity contribution in [2.45, 2.75) is 27.2 Å². The molecule has 3 aromatic rings. The van der Waals surface area contributed by atoms with Crippen molar-refractivity contribution in [1.82, 2.24) is 4.98 Å². The molecule has 2 heterocycles. The van der Waals surface area contributed by atoms with Crippen molar-refractivity contribution < 1.29 is 19.1 Å². The Bertz CT molecular complexity index is 1190. The van der Waals surface area contributed by atoms with Gasteiger partial charge in [-0.05, 0) is 68.7 Å². The van der Waals surface area contributed by atoms with E-state index in [1.807, 2.05) is 24.3 Å². The molecule has 1 aliphatic rings. The van der Waals surface area contributed by atoms with Gasteiger partial charge in [0.15, 0.2) is 0 Å². The topological polar surface area (TPSA) is 91.5 Å². The second-order valence-corrected chi connectivity index (χ2v) is 7.71. The zero-order valence-corrected chi connectivity index (χ0v) is 18.3. The van der Waals surface area contributed by atoms with Gasteiger partial charge in [0.2, 0.25) is 0 Å². The summed E-state index contributed by atoms with van der Waals surface area (Å²) in [7, 11) is 0. The summed E-state index contributed by atoms with van der Waals surface area (Å²) >= 11 is 0. The maximum atomic E-state index is 13.0. The predicted octanol–water partition coefficient (Wildman–Crippen LogP) is 4.26. The molecule has 0 bridgehead atoms. The van der Waals surface area contributed by atoms with Gasteiger partial charge in [-0.15, -0.1) is 0 Å². The Labute approximate surface area is 186 Å². The Hall–Kier alpha value is -3.87. The van der Waals surface area contributed by atoms with E-state index < -0.39 is 5.97 Å². The first-order chi connectivity index (χ1) is 15.4. The summed E-state index contributed by atoms with van der Waals surface area (Å²) in [5, 5.41) is 2.81. The Morgan fingerprint density at radius 1 is 1.06 bits per heavy atom. The minimum atomic E-state index is -0.454. The highest BCUT2D eigenvalue weighted by molar-refractivity contribution is 6.09. The minimum Gasteiger partial charge on any atom is -0.462 e. The van der Waals surface area contributed by atoms with Crippen molar-refractivity contribution in [3.05, 3.63) is 82.2 Å². The van der Waals surface area contributed by atoms with Gasteiger partial charge >= 0.3 is 5.97 Å². The van der Waals surface area contributed by atoms with Crippen molar-refractivity contribution in [1.29, 1.82) is 0 Å². The molecule has 4 rings (SSSR count). The van der Waals surface area contributed by atoms with E-state index in [1.54, 1.807) is 49.9 Å². The van der Waals surface area contributed by atoms with Gasteiger partial charge in [0.1, 0.15) is 5.69 Å². The van der Waals surface area contributed by atoms with Crippen LogP contribution in [0.3, 0.4) is 0 Å². The number of H-pyrrole nitrogens is 1. The van der Waals surface area contributed by atoms with Gasteiger partial charge in [-0.1, -0.05) is 18.2 Å². The van der Waals surface area contributed by atoms with Crippen molar-refractivity contribution in [3.8, 4) is 0 Å². The SMILES string of the molecule is CCOC(=O)c1c(C)[nH]c(C(=O)Nc2ccc(C(=O)N3CCc4ccccc43)cc2)c1C. The fraction of sp³-hybridized carbons (Fsp3) is 0.240. The molecule has 0 unspecified atom stereocenters. The van der Waals surface area contributed by atoms with E-state index in [0.29, 0.717) is 40.3 Å². The maximum Gasteiger partial charge on any atom is 0.340 e. The second-order valence-electron chi connectivity index (χ2n) is 7.71. The smallest absolute Gasteiger partial charge is 0.340 e. The minimum absolute atomic E-state index is 0.0669. The van der Waals surface area contributed by atoms with Gasteiger partial charge in [-0.3, -0.25) is 9.59 Å². The number of para-hydroxylation sites is 1. The molecule has 0 spiro atoms. The third-order valence-corrected chi connectivity index (χ3v) is 5.67. The average molecular weight is 431 g/mol. The molecule has 2 aromatic carbocycles. The number of aromatic amines is 1. The molecule has 0 saturated heterocycles. The van der Waals surface area contributed by atoms with Crippen molar-refractivity contribution in [2.24, 2.45) is 0 Å². The fourth-order valence-corrected chi connectivity index (χ4v) is 4.08. The molecule has 164 valence electrons. The summed E-state index contributed by atoms with van der Waals surface area (Å²) < 4.78 is 5.07. The van der Waals surface area contributed by atoms with Crippen LogP contribution in [0, 0.1) is 13.8 Å². The number of anilines is 2. The van der Waals surface area contributed by atoms with Gasteiger partial charge in [-0.2, -0.15) is 0 Å². The third-order valence-electron chi connectivity index (χ3n) is 5.67. The lowest BCUT2D eigenvalue weighted by Crippen LogP contribution is -2.28. The average Bonchev–Trinajstić information content (AvgIpc) is 3.34. The van der Waals surface area contributed by atoms with Crippen LogP contribution < -0.4 is 10.2 Å². The number of rotatable bonds is 5. The predicted molar refractivity (Wildman–Crippen MR) is 122 cm³/mol. The number of aromatic nitrogens is 1. The number of nitrogens with zero attached hydrogens (tertiary/aromatic N) is 1. The first-order valence-electron chi connectivity index (χ1n) is 10.6. The second kappa shape index (κ2) is 8.70. The van der Waals surface area contributed by atoms with E-state index in [2.05, 4.69) is 10.3 Å². The van der Waals surface area contributed by atoms with Crippen LogP contribution in [0.2, 0.25) is 0 Å². The van der Waals surface area contributed by atoms with Crippen LogP contribution in [-0.4, -0.2) is 35.9 Å². The quantitative estimate of drug-likeness (QED) is 0.591.